The maximum Gasteiger partial charge on any atom is 0.276 e. The molecule has 1 aromatic carbocycles. The van der Waals surface area contributed by atoms with Gasteiger partial charge in [0.05, 0.1) is 7.11 Å². The van der Waals surface area contributed by atoms with Crippen LogP contribution in [0.3, 0.4) is 0 Å². The van der Waals surface area contributed by atoms with E-state index in [9.17, 15) is 4.79 Å². The van der Waals surface area contributed by atoms with E-state index >= 15 is 0 Å². The number of fused-ring (bicyclic) bond motifs is 1. The SMILES string of the molecule is COc1ccc(CCNC2CCc3[nH]n(-c4ccccn4)c(=O)c3C2)cc1. The summed E-state index contributed by atoms with van der Waals surface area (Å²) in [4.78, 5) is 17.0. The van der Waals surface area contributed by atoms with E-state index in [2.05, 4.69) is 27.5 Å². The molecule has 0 radical (unpaired) electrons. The van der Waals surface area contributed by atoms with Crippen LogP contribution in [-0.2, 0) is 19.3 Å². The van der Waals surface area contributed by atoms with Gasteiger partial charge < -0.3 is 10.1 Å². The van der Waals surface area contributed by atoms with E-state index in [1.807, 2.05) is 30.3 Å². The van der Waals surface area contributed by atoms with Crippen LogP contribution in [0, 0.1) is 0 Å². The van der Waals surface area contributed by atoms with Crippen molar-refractivity contribution in [2.75, 3.05) is 13.7 Å². The van der Waals surface area contributed by atoms with Crippen LogP contribution in [-0.4, -0.2) is 34.5 Å². The van der Waals surface area contributed by atoms with Crippen molar-refractivity contribution in [3.63, 3.8) is 0 Å². The highest BCUT2D eigenvalue weighted by Crippen LogP contribution is 2.18. The summed E-state index contributed by atoms with van der Waals surface area (Å²) in [6.07, 6.45) is 5.32. The van der Waals surface area contributed by atoms with Gasteiger partial charge in [-0.1, -0.05) is 18.2 Å². The maximum absolute atomic E-state index is 12.8. The Morgan fingerprint density at radius 3 is 2.85 bits per heavy atom. The number of H-pyrrole nitrogens is 1. The van der Waals surface area contributed by atoms with Gasteiger partial charge in [0.1, 0.15) is 5.75 Å². The highest BCUT2D eigenvalue weighted by atomic mass is 16.5. The molecule has 6 nitrogen and oxygen atoms in total. The molecule has 0 bridgehead atoms. The molecule has 0 saturated carbocycles. The van der Waals surface area contributed by atoms with E-state index in [4.69, 9.17) is 4.74 Å². The first-order valence-corrected chi connectivity index (χ1v) is 9.35. The normalized spacial score (nSPS) is 16.1. The summed E-state index contributed by atoms with van der Waals surface area (Å²) < 4.78 is 6.75. The molecule has 1 aliphatic carbocycles. The summed E-state index contributed by atoms with van der Waals surface area (Å²) in [7, 11) is 1.68. The van der Waals surface area contributed by atoms with E-state index in [0.29, 0.717) is 11.9 Å². The molecule has 0 saturated heterocycles. The van der Waals surface area contributed by atoms with Crippen LogP contribution in [0.2, 0.25) is 0 Å². The van der Waals surface area contributed by atoms with Gasteiger partial charge in [-0.3, -0.25) is 9.89 Å². The number of aromatic nitrogens is 3. The standard InChI is InChI=1S/C21H24N4O2/c1-27-17-8-5-15(6-9-17)11-13-22-16-7-10-19-18(14-16)21(26)25(24-19)20-4-2-3-12-23-20/h2-6,8-9,12,16,22,24H,7,10-11,13-14H2,1H3. The number of pyridine rings is 1. The topological polar surface area (TPSA) is 71.9 Å². The lowest BCUT2D eigenvalue weighted by Crippen LogP contribution is -2.37. The molecule has 140 valence electrons. The third-order valence-corrected chi connectivity index (χ3v) is 5.15. The van der Waals surface area contributed by atoms with Crippen LogP contribution >= 0.6 is 0 Å². The molecule has 2 N–H and O–H groups in total. The summed E-state index contributed by atoms with van der Waals surface area (Å²) in [5, 5.41) is 6.84. The molecular formula is C21H24N4O2. The van der Waals surface area contributed by atoms with Crippen LogP contribution in [0.4, 0.5) is 0 Å². The predicted molar refractivity (Wildman–Crippen MR) is 105 cm³/mol. The third-order valence-electron chi connectivity index (χ3n) is 5.15. The molecule has 3 aromatic rings. The number of ether oxygens (including phenoxy) is 1. The zero-order chi connectivity index (χ0) is 18.6. The minimum atomic E-state index is 0.0188. The maximum atomic E-state index is 12.8. The van der Waals surface area contributed by atoms with Crippen LogP contribution in [0.15, 0.2) is 53.5 Å². The Hall–Kier alpha value is -2.86. The number of methoxy groups -OCH3 is 1. The highest BCUT2D eigenvalue weighted by molar-refractivity contribution is 5.29. The summed E-state index contributed by atoms with van der Waals surface area (Å²) in [5.41, 5.74) is 3.22. The monoisotopic (exact) mass is 364 g/mol. The van der Waals surface area contributed by atoms with Gasteiger partial charge in [0.15, 0.2) is 5.82 Å². The van der Waals surface area contributed by atoms with E-state index < -0.39 is 0 Å². The molecule has 0 spiro atoms. The lowest BCUT2D eigenvalue weighted by atomic mass is 9.93. The van der Waals surface area contributed by atoms with Gasteiger partial charge in [0.2, 0.25) is 0 Å². The Labute approximate surface area is 158 Å². The van der Waals surface area contributed by atoms with Crippen LogP contribution in [0.25, 0.3) is 5.82 Å². The number of aromatic amines is 1. The van der Waals surface area contributed by atoms with Crippen molar-refractivity contribution in [2.45, 2.75) is 31.7 Å². The van der Waals surface area contributed by atoms with Crippen LogP contribution in [0.1, 0.15) is 23.2 Å². The van der Waals surface area contributed by atoms with Crippen molar-refractivity contribution in [3.05, 3.63) is 75.8 Å². The van der Waals surface area contributed by atoms with Gasteiger partial charge >= 0.3 is 0 Å². The molecule has 2 heterocycles. The molecule has 0 amide bonds. The predicted octanol–water partition coefficient (Wildman–Crippen LogP) is 2.26. The second-order valence-corrected chi connectivity index (χ2v) is 6.89. The summed E-state index contributed by atoms with van der Waals surface area (Å²) >= 11 is 0. The van der Waals surface area contributed by atoms with Crippen molar-refractivity contribution < 1.29 is 4.74 Å². The largest absolute Gasteiger partial charge is 0.497 e. The fourth-order valence-corrected chi connectivity index (χ4v) is 3.64. The fraction of sp³-hybridized carbons (Fsp3) is 0.333. The molecule has 1 aliphatic rings. The second-order valence-electron chi connectivity index (χ2n) is 6.89. The van der Waals surface area contributed by atoms with E-state index in [1.54, 1.807) is 18.0 Å². The number of nitrogens with one attached hydrogen (secondary N) is 2. The molecular weight excluding hydrogens is 340 g/mol. The third kappa shape index (κ3) is 3.80. The van der Waals surface area contributed by atoms with Crippen molar-refractivity contribution >= 4 is 0 Å². The second kappa shape index (κ2) is 7.80. The fourth-order valence-electron chi connectivity index (χ4n) is 3.64. The lowest BCUT2D eigenvalue weighted by Gasteiger charge is -2.22. The van der Waals surface area contributed by atoms with Gasteiger partial charge in [0, 0.05) is 23.5 Å². The number of nitrogens with zero attached hydrogens (tertiary/aromatic N) is 2. The highest BCUT2D eigenvalue weighted by Gasteiger charge is 2.24. The van der Waals surface area contributed by atoms with Gasteiger partial charge in [-0.25, -0.2) is 9.67 Å². The molecule has 27 heavy (non-hydrogen) atoms. The first-order valence-electron chi connectivity index (χ1n) is 9.35. The number of hydrogen-bond donors (Lipinski definition) is 2. The van der Waals surface area contributed by atoms with Crippen molar-refractivity contribution in [2.24, 2.45) is 0 Å². The van der Waals surface area contributed by atoms with Gasteiger partial charge in [0.25, 0.3) is 5.56 Å². The molecule has 1 unspecified atom stereocenters. The molecule has 2 aromatic heterocycles. The van der Waals surface area contributed by atoms with Crippen LogP contribution < -0.4 is 15.6 Å². The van der Waals surface area contributed by atoms with E-state index in [-0.39, 0.29) is 5.56 Å². The number of benzene rings is 1. The lowest BCUT2D eigenvalue weighted by molar-refractivity contribution is 0.414. The first-order chi connectivity index (χ1) is 13.2. The van der Waals surface area contributed by atoms with E-state index in [0.717, 1.165) is 49.2 Å². The minimum absolute atomic E-state index is 0.0188. The van der Waals surface area contributed by atoms with Crippen molar-refractivity contribution in [1.29, 1.82) is 0 Å². The molecule has 0 aliphatic heterocycles. The van der Waals surface area contributed by atoms with Gasteiger partial charge in [-0.2, -0.15) is 0 Å². The smallest absolute Gasteiger partial charge is 0.276 e. The zero-order valence-corrected chi connectivity index (χ0v) is 15.4. The minimum Gasteiger partial charge on any atom is -0.497 e. The molecule has 4 rings (SSSR count). The summed E-state index contributed by atoms with van der Waals surface area (Å²) in [6, 6.07) is 14.1. The average Bonchev–Trinajstić information content (AvgIpc) is 3.05. The first kappa shape index (κ1) is 17.5. The summed E-state index contributed by atoms with van der Waals surface area (Å²) in [5.74, 6) is 1.52. The quantitative estimate of drug-likeness (QED) is 0.704. The zero-order valence-electron chi connectivity index (χ0n) is 15.4. The summed E-state index contributed by atoms with van der Waals surface area (Å²) in [6.45, 7) is 0.894. The Morgan fingerprint density at radius 2 is 2.11 bits per heavy atom. The Balaban J connectivity index is 1.38. The Morgan fingerprint density at radius 1 is 1.26 bits per heavy atom. The van der Waals surface area contributed by atoms with Gasteiger partial charge in [-0.15, -0.1) is 0 Å². The number of rotatable bonds is 6. The molecule has 6 heteroatoms. The molecule has 0 fully saturated rings. The van der Waals surface area contributed by atoms with Crippen LogP contribution in [0.5, 0.6) is 5.75 Å². The van der Waals surface area contributed by atoms with Crippen molar-refractivity contribution in [3.8, 4) is 11.6 Å². The Kier molecular flexibility index (Phi) is 5.07. The van der Waals surface area contributed by atoms with Gasteiger partial charge in [-0.05, 0) is 62.1 Å². The number of aryl methyl sites for hydroxylation is 1. The molecule has 1 atom stereocenters. The van der Waals surface area contributed by atoms with Crippen molar-refractivity contribution in [1.82, 2.24) is 20.1 Å². The van der Waals surface area contributed by atoms with E-state index in [1.165, 1.54) is 5.56 Å². The Bertz CT molecular complexity index is 945. The number of hydrogen-bond acceptors (Lipinski definition) is 4. The average molecular weight is 364 g/mol.